The fourth-order valence-corrected chi connectivity index (χ4v) is 2.88. The molecule has 0 aromatic heterocycles. The third-order valence-electron chi connectivity index (χ3n) is 3.54. The van der Waals surface area contributed by atoms with E-state index in [0.717, 1.165) is 4.47 Å². The topological polar surface area (TPSA) is 87.7 Å². The molecule has 0 saturated carbocycles. The van der Waals surface area contributed by atoms with Crippen molar-refractivity contribution in [3.8, 4) is 5.75 Å². The standard InChI is InChI=1S/C18H18BrClN2O4/c1-10(9-23)21-17(24)11-3-6-16(26-2)13(7-11)18(25)22-15-5-4-12(19)8-14(15)20/h3-8,10,23H,9H2,1-2H3,(H,21,24)(H,22,25). The van der Waals surface area contributed by atoms with E-state index in [0.29, 0.717) is 16.5 Å². The molecular formula is C18H18BrClN2O4. The molecule has 138 valence electrons. The molecular weight excluding hydrogens is 424 g/mol. The molecule has 8 heteroatoms. The number of hydrogen-bond donors (Lipinski definition) is 3. The first-order valence-corrected chi connectivity index (χ1v) is 8.89. The number of halogens is 2. The molecule has 3 N–H and O–H groups in total. The first-order valence-electron chi connectivity index (χ1n) is 7.72. The molecule has 0 aliphatic carbocycles. The maximum Gasteiger partial charge on any atom is 0.259 e. The summed E-state index contributed by atoms with van der Waals surface area (Å²) in [6.45, 7) is 1.49. The highest BCUT2D eigenvalue weighted by atomic mass is 79.9. The molecule has 1 unspecified atom stereocenters. The van der Waals surface area contributed by atoms with Gasteiger partial charge in [0.05, 0.1) is 30.0 Å². The monoisotopic (exact) mass is 440 g/mol. The molecule has 26 heavy (non-hydrogen) atoms. The zero-order valence-corrected chi connectivity index (χ0v) is 16.5. The lowest BCUT2D eigenvalue weighted by molar-refractivity contribution is 0.0922. The molecule has 2 aromatic rings. The van der Waals surface area contributed by atoms with Gasteiger partial charge in [0.2, 0.25) is 0 Å². The molecule has 0 fully saturated rings. The largest absolute Gasteiger partial charge is 0.496 e. The van der Waals surface area contributed by atoms with Gasteiger partial charge >= 0.3 is 0 Å². The lowest BCUT2D eigenvalue weighted by Crippen LogP contribution is -2.35. The van der Waals surface area contributed by atoms with Crippen molar-refractivity contribution < 1.29 is 19.4 Å². The van der Waals surface area contributed by atoms with E-state index in [2.05, 4.69) is 26.6 Å². The van der Waals surface area contributed by atoms with Crippen LogP contribution in [-0.2, 0) is 0 Å². The van der Waals surface area contributed by atoms with Crippen LogP contribution >= 0.6 is 27.5 Å². The lowest BCUT2D eigenvalue weighted by Gasteiger charge is -2.14. The Balaban J connectivity index is 2.29. The van der Waals surface area contributed by atoms with Gasteiger partial charge < -0.3 is 20.5 Å². The van der Waals surface area contributed by atoms with E-state index in [1.54, 1.807) is 31.2 Å². The maximum absolute atomic E-state index is 12.7. The van der Waals surface area contributed by atoms with Gasteiger partial charge in [0, 0.05) is 16.1 Å². The van der Waals surface area contributed by atoms with Crippen LogP contribution in [0, 0.1) is 0 Å². The maximum atomic E-state index is 12.7. The van der Waals surface area contributed by atoms with Gasteiger partial charge in [-0.1, -0.05) is 27.5 Å². The molecule has 1 atom stereocenters. The summed E-state index contributed by atoms with van der Waals surface area (Å²) >= 11 is 9.43. The number of carbonyl (C=O) groups excluding carboxylic acids is 2. The lowest BCUT2D eigenvalue weighted by atomic mass is 10.1. The van der Waals surface area contributed by atoms with Gasteiger partial charge in [0.15, 0.2) is 0 Å². The van der Waals surface area contributed by atoms with E-state index >= 15 is 0 Å². The summed E-state index contributed by atoms with van der Waals surface area (Å²) in [6, 6.07) is 9.19. The average Bonchev–Trinajstić information content (AvgIpc) is 2.63. The van der Waals surface area contributed by atoms with Crippen LogP contribution in [0.25, 0.3) is 0 Å². The smallest absolute Gasteiger partial charge is 0.259 e. The van der Waals surface area contributed by atoms with Gasteiger partial charge in [-0.3, -0.25) is 9.59 Å². The van der Waals surface area contributed by atoms with Gasteiger partial charge in [-0.15, -0.1) is 0 Å². The van der Waals surface area contributed by atoms with Crippen molar-refractivity contribution in [3.63, 3.8) is 0 Å². The summed E-state index contributed by atoms with van der Waals surface area (Å²) in [5, 5.41) is 14.8. The average molecular weight is 442 g/mol. The second-order valence-electron chi connectivity index (χ2n) is 5.55. The SMILES string of the molecule is COc1ccc(C(=O)NC(C)CO)cc1C(=O)Nc1ccc(Br)cc1Cl. The van der Waals surface area contributed by atoms with E-state index < -0.39 is 17.9 Å². The van der Waals surface area contributed by atoms with Crippen molar-refractivity contribution in [1.82, 2.24) is 5.32 Å². The van der Waals surface area contributed by atoms with Gasteiger partial charge in [0.25, 0.3) is 11.8 Å². The van der Waals surface area contributed by atoms with E-state index in [1.165, 1.54) is 19.2 Å². The number of aliphatic hydroxyl groups is 1. The van der Waals surface area contributed by atoms with Gasteiger partial charge in [0.1, 0.15) is 5.75 Å². The summed E-state index contributed by atoms with van der Waals surface area (Å²) in [6.07, 6.45) is 0. The van der Waals surface area contributed by atoms with Crippen LogP contribution in [0.3, 0.4) is 0 Å². The Morgan fingerprint density at radius 2 is 1.96 bits per heavy atom. The number of methoxy groups -OCH3 is 1. The van der Waals surface area contributed by atoms with Crippen molar-refractivity contribution in [2.75, 3.05) is 19.0 Å². The second-order valence-corrected chi connectivity index (χ2v) is 6.87. The van der Waals surface area contributed by atoms with Crippen LogP contribution < -0.4 is 15.4 Å². The molecule has 0 spiro atoms. The van der Waals surface area contributed by atoms with Gasteiger partial charge in [-0.2, -0.15) is 0 Å². The third kappa shape index (κ3) is 4.97. The Labute approximate surface area is 164 Å². The van der Waals surface area contributed by atoms with Gasteiger partial charge in [-0.05, 0) is 43.3 Å². The summed E-state index contributed by atoms with van der Waals surface area (Å²) in [5.41, 5.74) is 0.902. The van der Waals surface area contributed by atoms with E-state index in [1.807, 2.05) is 0 Å². The van der Waals surface area contributed by atoms with Gasteiger partial charge in [-0.25, -0.2) is 0 Å². The van der Waals surface area contributed by atoms with Crippen molar-refractivity contribution in [1.29, 1.82) is 0 Å². The highest BCUT2D eigenvalue weighted by Gasteiger charge is 2.18. The minimum absolute atomic E-state index is 0.183. The Hall–Kier alpha value is -2.09. The highest BCUT2D eigenvalue weighted by molar-refractivity contribution is 9.10. The van der Waals surface area contributed by atoms with Crippen LogP contribution in [0.5, 0.6) is 5.75 Å². The van der Waals surface area contributed by atoms with Crippen molar-refractivity contribution >= 4 is 45.0 Å². The molecule has 2 amide bonds. The van der Waals surface area contributed by atoms with Crippen LogP contribution in [-0.4, -0.2) is 36.7 Å². The number of ether oxygens (including phenoxy) is 1. The number of aliphatic hydroxyl groups excluding tert-OH is 1. The second kappa shape index (κ2) is 9.02. The molecule has 0 radical (unpaired) electrons. The van der Waals surface area contributed by atoms with E-state index in [9.17, 15) is 9.59 Å². The van der Waals surface area contributed by atoms with E-state index in [4.69, 9.17) is 21.4 Å². The summed E-state index contributed by atoms with van der Waals surface area (Å²) in [5.74, 6) is -0.539. The molecule has 2 rings (SSSR count). The predicted molar refractivity (Wildman–Crippen MR) is 104 cm³/mol. The van der Waals surface area contributed by atoms with Crippen LogP contribution in [0.15, 0.2) is 40.9 Å². The highest BCUT2D eigenvalue weighted by Crippen LogP contribution is 2.27. The zero-order valence-electron chi connectivity index (χ0n) is 14.2. The van der Waals surface area contributed by atoms with Crippen molar-refractivity contribution in [2.24, 2.45) is 0 Å². The Morgan fingerprint density at radius 1 is 1.23 bits per heavy atom. The van der Waals surface area contributed by atoms with Crippen LogP contribution in [0.1, 0.15) is 27.6 Å². The minimum Gasteiger partial charge on any atom is -0.496 e. The normalized spacial score (nSPS) is 11.6. The summed E-state index contributed by atoms with van der Waals surface area (Å²) in [4.78, 5) is 24.9. The number of anilines is 1. The quantitative estimate of drug-likeness (QED) is 0.640. The Kier molecular flexibility index (Phi) is 7.02. The number of amides is 2. The Morgan fingerprint density at radius 3 is 2.58 bits per heavy atom. The molecule has 6 nitrogen and oxygen atoms in total. The zero-order chi connectivity index (χ0) is 19.3. The molecule has 0 saturated heterocycles. The summed E-state index contributed by atoms with van der Waals surface area (Å²) < 4.78 is 6.00. The van der Waals surface area contributed by atoms with E-state index in [-0.39, 0.29) is 17.7 Å². The number of rotatable bonds is 6. The first kappa shape index (κ1) is 20.2. The minimum atomic E-state index is -0.462. The molecule has 0 bridgehead atoms. The van der Waals surface area contributed by atoms with Crippen LogP contribution in [0.4, 0.5) is 5.69 Å². The Bertz CT molecular complexity index is 829. The molecule has 0 aliphatic heterocycles. The third-order valence-corrected chi connectivity index (χ3v) is 4.34. The van der Waals surface area contributed by atoms with Crippen molar-refractivity contribution in [2.45, 2.75) is 13.0 Å². The predicted octanol–water partition coefficient (Wildman–Crippen LogP) is 3.47. The molecule has 0 heterocycles. The number of benzene rings is 2. The fraction of sp³-hybridized carbons (Fsp3) is 0.222. The molecule has 2 aromatic carbocycles. The number of nitrogens with one attached hydrogen (secondary N) is 2. The fourth-order valence-electron chi connectivity index (χ4n) is 2.16. The first-order chi connectivity index (χ1) is 12.3. The molecule has 0 aliphatic rings. The van der Waals surface area contributed by atoms with Crippen LogP contribution in [0.2, 0.25) is 5.02 Å². The number of hydrogen-bond acceptors (Lipinski definition) is 4. The summed E-state index contributed by atoms with van der Waals surface area (Å²) in [7, 11) is 1.44. The van der Waals surface area contributed by atoms with Crippen molar-refractivity contribution in [3.05, 3.63) is 57.0 Å². The number of carbonyl (C=O) groups is 2.